The summed E-state index contributed by atoms with van der Waals surface area (Å²) in [6.45, 7) is 6.40. The fraction of sp³-hybridized carbons (Fsp3) is 0.533. The van der Waals surface area contributed by atoms with Gasteiger partial charge in [-0.05, 0) is 45.0 Å². The molecule has 2 rings (SSSR count). The maximum Gasteiger partial charge on any atom is 0.172 e. The molecular weight excluding hydrogens is 252 g/mol. The Labute approximate surface area is 120 Å². The molecule has 0 bridgehead atoms. The van der Waals surface area contributed by atoms with Crippen molar-refractivity contribution < 1.29 is 5.21 Å². The first kappa shape index (κ1) is 14.7. The first-order valence-electron chi connectivity index (χ1n) is 7.14. The van der Waals surface area contributed by atoms with Gasteiger partial charge < -0.3 is 20.7 Å². The maximum atomic E-state index is 8.92. The van der Waals surface area contributed by atoms with E-state index in [1.807, 2.05) is 19.1 Å². The van der Waals surface area contributed by atoms with E-state index in [9.17, 15) is 0 Å². The van der Waals surface area contributed by atoms with Crippen molar-refractivity contribution >= 4 is 11.5 Å². The molecule has 5 heteroatoms. The van der Waals surface area contributed by atoms with E-state index in [0.29, 0.717) is 0 Å². The molecule has 0 amide bonds. The molecule has 1 aromatic rings. The summed E-state index contributed by atoms with van der Waals surface area (Å²) in [5, 5.41) is 12.1. The third kappa shape index (κ3) is 3.42. The molecule has 1 saturated heterocycles. The number of nitrogens with two attached hydrogens (primary N) is 1. The summed E-state index contributed by atoms with van der Waals surface area (Å²) in [4.78, 5) is 4.65. The van der Waals surface area contributed by atoms with Crippen molar-refractivity contribution in [1.29, 1.82) is 0 Å². The first-order chi connectivity index (χ1) is 9.61. The van der Waals surface area contributed by atoms with E-state index in [-0.39, 0.29) is 5.84 Å². The SMILES string of the molecule is Cc1ccc(N(C)CCN2CCCC2)c(/C(N)=N/O)c1. The molecule has 0 aliphatic carbocycles. The van der Waals surface area contributed by atoms with Crippen LogP contribution in [0.2, 0.25) is 0 Å². The highest BCUT2D eigenvalue weighted by molar-refractivity contribution is 6.02. The van der Waals surface area contributed by atoms with Gasteiger partial charge in [-0.2, -0.15) is 0 Å². The van der Waals surface area contributed by atoms with Crippen molar-refractivity contribution in [2.45, 2.75) is 19.8 Å². The Kier molecular flexibility index (Phi) is 4.84. The number of amidine groups is 1. The van der Waals surface area contributed by atoms with Gasteiger partial charge in [0.05, 0.1) is 0 Å². The molecule has 5 nitrogen and oxygen atoms in total. The summed E-state index contributed by atoms with van der Waals surface area (Å²) >= 11 is 0. The van der Waals surface area contributed by atoms with Gasteiger partial charge >= 0.3 is 0 Å². The van der Waals surface area contributed by atoms with Gasteiger partial charge in [0.15, 0.2) is 5.84 Å². The molecule has 110 valence electrons. The minimum absolute atomic E-state index is 0.164. The average molecular weight is 276 g/mol. The number of benzene rings is 1. The highest BCUT2D eigenvalue weighted by atomic mass is 16.4. The Balaban J connectivity index is 2.09. The van der Waals surface area contributed by atoms with Crippen LogP contribution in [0.1, 0.15) is 24.0 Å². The Hall–Kier alpha value is -1.75. The lowest BCUT2D eigenvalue weighted by atomic mass is 10.1. The molecule has 1 aliphatic heterocycles. The van der Waals surface area contributed by atoms with Crippen molar-refractivity contribution in [2.24, 2.45) is 10.9 Å². The molecule has 20 heavy (non-hydrogen) atoms. The van der Waals surface area contributed by atoms with E-state index < -0.39 is 0 Å². The number of aryl methyl sites for hydroxylation is 1. The second kappa shape index (κ2) is 6.61. The fourth-order valence-corrected chi connectivity index (χ4v) is 2.66. The smallest absolute Gasteiger partial charge is 0.172 e. The highest BCUT2D eigenvalue weighted by Crippen LogP contribution is 2.21. The Morgan fingerprint density at radius 1 is 1.40 bits per heavy atom. The normalized spacial score (nSPS) is 16.6. The van der Waals surface area contributed by atoms with E-state index in [1.165, 1.54) is 25.9 Å². The van der Waals surface area contributed by atoms with Gasteiger partial charge in [-0.25, -0.2) is 0 Å². The van der Waals surface area contributed by atoms with E-state index >= 15 is 0 Å². The third-order valence-corrected chi connectivity index (χ3v) is 3.90. The van der Waals surface area contributed by atoms with Gasteiger partial charge in [0.1, 0.15) is 0 Å². The van der Waals surface area contributed by atoms with E-state index in [4.69, 9.17) is 10.9 Å². The number of oxime groups is 1. The number of nitrogens with zero attached hydrogens (tertiary/aromatic N) is 3. The summed E-state index contributed by atoms with van der Waals surface area (Å²) in [6.07, 6.45) is 2.62. The fourth-order valence-electron chi connectivity index (χ4n) is 2.66. The van der Waals surface area contributed by atoms with Gasteiger partial charge in [-0.1, -0.05) is 16.8 Å². The lowest BCUT2D eigenvalue weighted by molar-refractivity contribution is 0.318. The van der Waals surface area contributed by atoms with Crippen molar-refractivity contribution in [3.8, 4) is 0 Å². The quantitative estimate of drug-likeness (QED) is 0.371. The molecular formula is C15H24N4O. The van der Waals surface area contributed by atoms with Crippen molar-refractivity contribution in [3.05, 3.63) is 29.3 Å². The lowest BCUT2D eigenvalue weighted by Crippen LogP contribution is -2.32. The molecule has 0 unspecified atom stereocenters. The van der Waals surface area contributed by atoms with Crippen LogP contribution in [0.15, 0.2) is 23.4 Å². The number of rotatable bonds is 5. The standard InChI is InChI=1S/C15H24N4O/c1-12-5-6-14(13(11-12)15(16)17-20)18(2)9-10-19-7-3-4-8-19/h5-6,11,20H,3-4,7-10H2,1-2H3,(H2,16,17). The zero-order chi connectivity index (χ0) is 14.5. The van der Waals surface area contributed by atoms with Crippen LogP contribution in [0.4, 0.5) is 5.69 Å². The molecule has 0 spiro atoms. The monoisotopic (exact) mass is 276 g/mol. The summed E-state index contributed by atoms with van der Waals surface area (Å²) in [5.74, 6) is 0.164. The molecule has 1 fully saturated rings. The number of hydrogen-bond acceptors (Lipinski definition) is 4. The van der Waals surface area contributed by atoms with Gasteiger partial charge in [-0.3, -0.25) is 0 Å². The third-order valence-electron chi connectivity index (χ3n) is 3.90. The second-order valence-corrected chi connectivity index (χ2v) is 5.48. The minimum Gasteiger partial charge on any atom is -0.409 e. The van der Waals surface area contributed by atoms with Crippen molar-refractivity contribution in [3.63, 3.8) is 0 Å². The van der Waals surface area contributed by atoms with Crippen LogP contribution in [0, 0.1) is 6.92 Å². The zero-order valence-corrected chi connectivity index (χ0v) is 12.3. The van der Waals surface area contributed by atoms with Crippen molar-refractivity contribution in [1.82, 2.24) is 4.90 Å². The second-order valence-electron chi connectivity index (χ2n) is 5.48. The predicted octanol–water partition coefficient (Wildman–Crippen LogP) is 1.62. The first-order valence-corrected chi connectivity index (χ1v) is 7.14. The molecule has 1 aliphatic rings. The van der Waals surface area contributed by atoms with Crippen LogP contribution in [-0.4, -0.2) is 49.2 Å². The lowest BCUT2D eigenvalue weighted by Gasteiger charge is -2.25. The highest BCUT2D eigenvalue weighted by Gasteiger charge is 2.15. The van der Waals surface area contributed by atoms with E-state index in [1.54, 1.807) is 0 Å². The van der Waals surface area contributed by atoms with Crippen LogP contribution in [0.5, 0.6) is 0 Å². The molecule has 0 aromatic heterocycles. The van der Waals surface area contributed by atoms with Gasteiger partial charge in [0.25, 0.3) is 0 Å². The maximum absolute atomic E-state index is 8.92. The molecule has 1 aromatic carbocycles. The molecule has 0 saturated carbocycles. The number of anilines is 1. The van der Waals surface area contributed by atoms with Crippen LogP contribution in [0.25, 0.3) is 0 Å². The average Bonchev–Trinajstić information content (AvgIpc) is 2.97. The van der Waals surface area contributed by atoms with Crippen LogP contribution in [0.3, 0.4) is 0 Å². The topological polar surface area (TPSA) is 65.1 Å². The Bertz CT molecular complexity index is 481. The summed E-state index contributed by atoms with van der Waals surface area (Å²) in [5.41, 5.74) is 8.68. The van der Waals surface area contributed by atoms with Crippen LogP contribution < -0.4 is 10.6 Å². The largest absolute Gasteiger partial charge is 0.409 e. The van der Waals surface area contributed by atoms with Crippen LogP contribution >= 0.6 is 0 Å². The van der Waals surface area contributed by atoms with Gasteiger partial charge in [-0.15, -0.1) is 0 Å². The Morgan fingerprint density at radius 2 is 2.10 bits per heavy atom. The molecule has 0 radical (unpaired) electrons. The number of likely N-dealkylation sites (N-methyl/N-ethyl adjacent to an activating group) is 1. The number of likely N-dealkylation sites (tertiary alicyclic amines) is 1. The minimum atomic E-state index is 0.164. The predicted molar refractivity (Wildman–Crippen MR) is 82.6 cm³/mol. The molecule has 1 heterocycles. The zero-order valence-electron chi connectivity index (χ0n) is 12.3. The van der Waals surface area contributed by atoms with Gasteiger partial charge in [0, 0.05) is 31.4 Å². The number of hydrogen-bond donors (Lipinski definition) is 2. The molecule has 3 N–H and O–H groups in total. The summed E-state index contributed by atoms with van der Waals surface area (Å²) in [7, 11) is 2.05. The summed E-state index contributed by atoms with van der Waals surface area (Å²) in [6, 6.07) is 6.04. The van der Waals surface area contributed by atoms with Crippen LogP contribution in [-0.2, 0) is 0 Å². The molecule has 0 atom stereocenters. The van der Waals surface area contributed by atoms with Crippen molar-refractivity contribution in [2.75, 3.05) is 38.1 Å². The Morgan fingerprint density at radius 3 is 2.75 bits per heavy atom. The van der Waals surface area contributed by atoms with E-state index in [0.717, 1.165) is 29.9 Å². The van der Waals surface area contributed by atoms with E-state index in [2.05, 4.69) is 28.1 Å². The summed E-state index contributed by atoms with van der Waals surface area (Å²) < 4.78 is 0. The van der Waals surface area contributed by atoms with Gasteiger partial charge in [0.2, 0.25) is 0 Å².